The molecule has 3 aliphatic rings. The number of benzene rings is 1. The molecule has 1 saturated heterocycles. The molecule has 0 radical (unpaired) electrons. The van der Waals surface area contributed by atoms with Crippen LogP contribution in [0.4, 0.5) is 0 Å². The molecule has 1 amide bonds. The lowest BCUT2D eigenvalue weighted by atomic mass is 9.92. The third-order valence-electron chi connectivity index (χ3n) is 7.10. The molecule has 1 atom stereocenters. The number of aromatic nitrogens is 2. The van der Waals surface area contributed by atoms with Crippen molar-refractivity contribution in [3.63, 3.8) is 0 Å². The summed E-state index contributed by atoms with van der Waals surface area (Å²) in [7, 11) is 0. The van der Waals surface area contributed by atoms with Gasteiger partial charge < -0.3 is 9.64 Å². The maximum Gasteiger partial charge on any atom is 0.341 e. The summed E-state index contributed by atoms with van der Waals surface area (Å²) in [6, 6.07) is 15.9. The van der Waals surface area contributed by atoms with Crippen LogP contribution in [-0.4, -0.2) is 39.8 Å². The molecule has 4 heterocycles. The summed E-state index contributed by atoms with van der Waals surface area (Å²) < 4.78 is 5.79. The zero-order valence-corrected chi connectivity index (χ0v) is 18.1. The van der Waals surface area contributed by atoms with Gasteiger partial charge in [-0.3, -0.25) is 14.8 Å². The number of ether oxygens (including phenoxy) is 1. The van der Waals surface area contributed by atoms with Gasteiger partial charge in [0.15, 0.2) is 5.60 Å². The van der Waals surface area contributed by atoms with E-state index in [1.54, 1.807) is 18.6 Å². The average molecular weight is 437 g/mol. The number of likely N-dealkylation sites (tertiary alicyclic amines) is 1. The summed E-state index contributed by atoms with van der Waals surface area (Å²) in [4.78, 5) is 36.2. The normalized spacial score (nSPS) is 22.5. The zero-order chi connectivity index (χ0) is 22.5. The van der Waals surface area contributed by atoms with Crippen LogP contribution in [-0.2, 0) is 20.5 Å². The van der Waals surface area contributed by atoms with E-state index >= 15 is 0 Å². The van der Waals surface area contributed by atoms with Crippen molar-refractivity contribution in [3.05, 3.63) is 95.1 Å². The van der Waals surface area contributed by atoms with E-state index in [1.165, 1.54) is 0 Å². The van der Waals surface area contributed by atoms with Crippen LogP contribution in [0.5, 0.6) is 0 Å². The van der Waals surface area contributed by atoms with Crippen molar-refractivity contribution in [3.8, 4) is 0 Å². The third kappa shape index (κ3) is 3.25. The van der Waals surface area contributed by atoms with Gasteiger partial charge in [0, 0.05) is 37.1 Å². The number of amides is 1. The lowest BCUT2D eigenvalue weighted by molar-refractivity contribution is -0.134. The number of nitrogens with zero attached hydrogens (tertiary/aromatic N) is 3. The molecule has 1 aliphatic carbocycles. The Hall–Kier alpha value is -3.80. The first-order valence-electron chi connectivity index (χ1n) is 11.3. The van der Waals surface area contributed by atoms with Gasteiger partial charge in [-0.1, -0.05) is 36.4 Å². The Labute approximate surface area is 191 Å². The van der Waals surface area contributed by atoms with Gasteiger partial charge in [-0.05, 0) is 48.2 Å². The van der Waals surface area contributed by atoms with Crippen molar-refractivity contribution in [1.29, 1.82) is 0 Å². The van der Waals surface area contributed by atoms with Gasteiger partial charge in [-0.25, -0.2) is 4.79 Å². The highest BCUT2D eigenvalue weighted by molar-refractivity contribution is 5.95. The summed E-state index contributed by atoms with van der Waals surface area (Å²) >= 11 is 0. The minimum atomic E-state index is -0.735. The summed E-state index contributed by atoms with van der Waals surface area (Å²) in [5, 5.41) is 0. The highest BCUT2D eigenvalue weighted by Gasteiger charge is 2.57. The van der Waals surface area contributed by atoms with E-state index in [9.17, 15) is 9.59 Å². The predicted molar refractivity (Wildman–Crippen MR) is 123 cm³/mol. The maximum absolute atomic E-state index is 13.6. The van der Waals surface area contributed by atoms with Crippen LogP contribution in [0.1, 0.15) is 52.0 Å². The molecule has 3 aromatic rings. The number of rotatable bonds is 4. The fourth-order valence-corrected chi connectivity index (χ4v) is 5.12. The summed E-state index contributed by atoms with van der Waals surface area (Å²) in [6.07, 6.45) is 11.3. The van der Waals surface area contributed by atoms with E-state index in [-0.39, 0.29) is 11.9 Å². The third-order valence-corrected chi connectivity index (χ3v) is 7.10. The first-order valence-corrected chi connectivity index (χ1v) is 11.3. The Morgan fingerprint density at radius 1 is 1.00 bits per heavy atom. The van der Waals surface area contributed by atoms with E-state index in [4.69, 9.17) is 4.74 Å². The van der Waals surface area contributed by atoms with Crippen molar-refractivity contribution < 1.29 is 14.3 Å². The largest absolute Gasteiger partial charge is 0.449 e. The number of fused-ring (bicyclic) bond motifs is 2. The molecule has 1 spiro atoms. The van der Waals surface area contributed by atoms with E-state index < -0.39 is 11.0 Å². The van der Waals surface area contributed by atoms with Crippen molar-refractivity contribution in [2.45, 2.75) is 30.3 Å². The van der Waals surface area contributed by atoms with Crippen LogP contribution in [0, 0.1) is 0 Å². The summed E-state index contributed by atoms with van der Waals surface area (Å²) in [6.45, 7) is 0.988. The SMILES string of the molecule is O=C1O[C@]2(CCN(C(=O)C3(c4ccc(/C=C/c5ccccn5)cc4)CC3)C2)c2ccncc21. The Bertz CT molecular complexity index is 1270. The fourth-order valence-electron chi connectivity index (χ4n) is 5.12. The molecular weight excluding hydrogens is 414 g/mol. The summed E-state index contributed by atoms with van der Waals surface area (Å²) in [5.74, 6) is -0.211. The van der Waals surface area contributed by atoms with E-state index in [1.807, 2.05) is 41.3 Å². The van der Waals surface area contributed by atoms with Crippen LogP contribution in [0.2, 0.25) is 0 Å². The van der Waals surface area contributed by atoms with Crippen LogP contribution >= 0.6 is 0 Å². The van der Waals surface area contributed by atoms with Gasteiger partial charge in [-0.15, -0.1) is 0 Å². The number of esters is 1. The van der Waals surface area contributed by atoms with Crippen LogP contribution in [0.25, 0.3) is 12.2 Å². The van der Waals surface area contributed by atoms with Gasteiger partial charge in [0.1, 0.15) is 0 Å². The van der Waals surface area contributed by atoms with Gasteiger partial charge >= 0.3 is 5.97 Å². The molecule has 2 aliphatic heterocycles. The molecule has 33 heavy (non-hydrogen) atoms. The van der Waals surface area contributed by atoms with Crippen molar-refractivity contribution >= 4 is 24.0 Å². The standard InChI is InChI=1S/C27H23N3O3/c31-24-22-17-28-15-10-23(22)27(33-24)13-16-30(18-27)25(32)26(11-12-26)20-7-4-19(5-8-20)6-9-21-3-1-2-14-29-21/h1-10,14-15,17H,11-13,16,18H2/b9-6+/t27-/m0/s1. The zero-order valence-electron chi connectivity index (χ0n) is 18.1. The Balaban J connectivity index is 1.19. The molecule has 0 bridgehead atoms. The topological polar surface area (TPSA) is 72.4 Å². The molecule has 1 saturated carbocycles. The molecule has 1 aromatic carbocycles. The molecular formula is C27H23N3O3. The molecule has 2 fully saturated rings. The summed E-state index contributed by atoms with van der Waals surface area (Å²) in [5.41, 5.74) is 3.20. The highest BCUT2D eigenvalue weighted by atomic mass is 16.6. The molecule has 6 rings (SSSR count). The number of carbonyl (C=O) groups is 2. The molecule has 0 unspecified atom stereocenters. The maximum atomic E-state index is 13.6. The molecule has 164 valence electrons. The highest BCUT2D eigenvalue weighted by Crippen LogP contribution is 2.52. The van der Waals surface area contributed by atoms with E-state index in [0.717, 1.165) is 35.2 Å². The predicted octanol–water partition coefficient (Wildman–Crippen LogP) is 3.98. The van der Waals surface area contributed by atoms with E-state index in [0.29, 0.717) is 25.1 Å². The smallest absolute Gasteiger partial charge is 0.341 e. The minimum Gasteiger partial charge on any atom is -0.449 e. The minimum absolute atomic E-state index is 0.134. The second-order valence-corrected chi connectivity index (χ2v) is 9.07. The Kier molecular flexibility index (Phi) is 4.43. The fraction of sp³-hybridized carbons (Fsp3) is 0.259. The van der Waals surface area contributed by atoms with Gasteiger partial charge in [0.05, 0.1) is 23.2 Å². The molecule has 2 aromatic heterocycles. The Morgan fingerprint density at radius 2 is 1.85 bits per heavy atom. The quantitative estimate of drug-likeness (QED) is 0.578. The second kappa shape index (κ2) is 7.37. The van der Waals surface area contributed by atoms with Crippen molar-refractivity contribution in [2.24, 2.45) is 0 Å². The Morgan fingerprint density at radius 3 is 2.61 bits per heavy atom. The van der Waals surface area contributed by atoms with E-state index in [2.05, 4.69) is 34.2 Å². The number of pyridine rings is 2. The second-order valence-electron chi connectivity index (χ2n) is 9.07. The van der Waals surface area contributed by atoms with Gasteiger partial charge in [0.2, 0.25) is 5.91 Å². The van der Waals surface area contributed by atoms with Crippen LogP contribution in [0.15, 0.2) is 67.1 Å². The lowest BCUT2D eigenvalue weighted by Crippen LogP contribution is -2.40. The van der Waals surface area contributed by atoms with Crippen molar-refractivity contribution in [1.82, 2.24) is 14.9 Å². The first kappa shape index (κ1) is 19.9. The molecule has 6 heteroatoms. The van der Waals surface area contributed by atoms with Crippen molar-refractivity contribution in [2.75, 3.05) is 13.1 Å². The number of carbonyl (C=O) groups excluding carboxylic acids is 2. The average Bonchev–Trinajstić information content (AvgIpc) is 3.49. The lowest BCUT2D eigenvalue weighted by Gasteiger charge is -2.27. The number of hydrogen-bond acceptors (Lipinski definition) is 5. The molecule has 0 N–H and O–H groups in total. The van der Waals surface area contributed by atoms with Crippen LogP contribution in [0.3, 0.4) is 0 Å². The number of hydrogen-bond donors (Lipinski definition) is 0. The van der Waals surface area contributed by atoms with Crippen LogP contribution < -0.4 is 0 Å². The van der Waals surface area contributed by atoms with Gasteiger partial charge in [0.25, 0.3) is 0 Å². The molecule has 6 nitrogen and oxygen atoms in total. The first-order chi connectivity index (χ1) is 16.1. The monoisotopic (exact) mass is 437 g/mol. The van der Waals surface area contributed by atoms with Gasteiger partial charge in [-0.2, -0.15) is 0 Å².